The fourth-order valence-corrected chi connectivity index (χ4v) is 1.66. The molecule has 16 heavy (non-hydrogen) atoms. The van der Waals surface area contributed by atoms with Gasteiger partial charge < -0.3 is 9.47 Å². The molecule has 0 heterocycles. The minimum absolute atomic E-state index is 0.160. The van der Waals surface area contributed by atoms with Crippen LogP contribution in [0.3, 0.4) is 0 Å². The van der Waals surface area contributed by atoms with E-state index >= 15 is 0 Å². The molecule has 0 N–H and O–H groups in total. The number of carbonyl (C=O) groups excluding carboxylic acids is 3. The van der Waals surface area contributed by atoms with E-state index in [0.29, 0.717) is 5.57 Å². The summed E-state index contributed by atoms with van der Waals surface area (Å²) in [4.78, 5) is 33.7. The molecule has 0 saturated heterocycles. The van der Waals surface area contributed by atoms with Crippen molar-refractivity contribution in [1.82, 2.24) is 0 Å². The zero-order valence-electron chi connectivity index (χ0n) is 9.48. The van der Waals surface area contributed by atoms with Gasteiger partial charge in [-0.05, 0) is 13.0 Å². The van der Waals surface area contributed by atoms with Gasteiger partial charge in [-0.2, -0.15) is 0 Å². The molecule has 1 rings (SSSR count). The van der Waals surface area contributed by atoms with Crippen LogP contribution in [-0.2, 0) is 23.9 Å². The minimum Gasteiger partial charge on any atom is -0.469 e. The summed E-state index contributed by atoms with van der Waals surface area (Å²) in [5.41, 5.74) is 0.639. The smallest absolute Gasteiger partial charge is 0.312 e. The van der Waals surface area contributed by atoms with Gasteiger partial charge in [0.05, 0.1) is 13.0 Å². The first-order chi connectivity index (χ1) is 7.45. The van der Waals surface area contributed by atoms with Crippen LogP contribution in [0.4, 0.5) is 0 Å². The Morgan fingerprint density at radius 2 is 2.06 bits per heavy atom. The summed E-state index contributed by atoms with van der Waals surface area (Å²) in [6.45, 7) is 2.91. The first kappa shape index (κ1) is 12.4. The topological polar surface area (TPSA) is 69.7 Å². The van der Waals surface area contributed by atoms with E-state index in [4.69, 9.17) is 4.74 Å². The van der Waals surface area contributed by atoms with Gasteiger partial charge in [0.15, 0.2) is 11.9 Å². The Labute approximate surface area is 93.4 Å². The van der Waals surface area contributed by atoms with Crippen LogP contribution in [0.2, 0.25) is 0 Å². The highest BCUT2D eigenvalue weighted by atomic mass is 16.5. The molecule has 5 heteroatoms. The summed E-state index contributed by atoms with van der Waals surface area (Å²) in [6, 6.07) is 0. The standard InChI is InChI=1S/C11H14O5/c1-6-4-9(13)10(16-7(2)12)5-8(6)11(14)15-3/h4,8,10H,5H2,1-3H3/t8-,10+/m0/s1. The summed E-state index contributed by atoms with van der Waals surface area (Å²) in [5, 5.41) is 0. The van der Waals surface area contributed by atoms with Crippen molar-refractivity contribution in [3.8, 4) is 0 Å². The second-order valence-corrected chi connectivity index (χ2v) is 3.70. The SMILES string of the molecule is COC(=O)[C@H]1C[C@@H](OC(C)=O)C(=O)C=C1C. The van der Waals surface area contributed by atoms with Crippen molar-refractivity contribution < 1.29 is 23.9 Å². The fraction of sp³-hybridized carbons (Fsp3) is 0.545. The molecule has 88 valence electrons. The molecular formula is C11H14O5. The highest BCUT2D eigenvalue weighted by Crippen LogP contribution is 2.25. The largest absolute Gasteiger partial charge is 0.469 e. The van der Waals surface area contributed by atoms with Crippen LogP contribution in [0.1, 0.15) is 20.3 Å². The molecule has 0 bridgehead atoms. The lowest BCUT2D eigenvalue weighted by molar-refractivity contribution is -0.156. The van der Waals surface area contributed by atoms with Crippen molar-refractivity contribution in [2.75, 3.05) is 7.11 Å². The summed E-state index contributed by atoms with van der Waals surface area (Å²) in [6.07, 6.45) is 0.622. The first-order valence-electron chi connectivity index (χ1n) is 4.92. The average Bonchev–Trinajstić information content (AvgIpc) is 2.20. The van der Waals surface area contributed by atoms with Crippen LogP contribution in [0, 0.1) is 5.92 Å². The van der Waals surface area contributed by atoms with Gasteiger partial charge in [0, 0.05) is 13.3 Å². The van der Waals surface area contributed by atoms with E-state index in [1.54, 1.807) is 6.92 Å². The lowest BCUT2D eigenvalue weighted by Gasteiger charge is -2.25. The zero-order valence-corrected chi connectivity index (χ0v) is 9.48. The molecule has 0 aromatic rings. The molecule has 5 nitrogen and oxygen atoms in total. The third-order valence-corrected chi connectivity index (χ3v) is 2.48. The van der Waals surface area contributed by atoms with Crippen LogP contribution in [0.5, 0.6) is 0 Å². The van der Waals surface area contributed by atoms with E-state index in [-0.39, 0.29) is 12.2 Å². The molecule has 0 unspecified atom stereocenters. The van der Waals surface area contributed by atoms with E-state index in [1.165, 1.54) is 20.1 Å². The third-order valence-electron chi connectivity index (χ3n) is 2.48. The number of carbonyl (C=O) groups is 3. The molecule has 0 aromatic heterocycles. The lowest BCUT2D eigenvalue weighted by Crippen LogP contribution is -2.35. The van der Waals surface area contributed by atoms with Crippen molar-refractivity contribution in [2.45, 2.75) is 26.4 Å². The van der Waals surface area contributed by atoms with Crippen molar-refractivity contribution in [1.29, 1.82) is 0 Å². The van der Waals surface area contributed by atoms with Gasteiger partial charge in [0.25, 0.3) is 0 Å². The van der Waals surface area contributed by atoms with Crippen molar-refractivity contribution >= 4 is 17.7 Å². The molecule has 1 aliphatic rings. The van der Waals surface area contributed by atoms with Crippen molar-refractivity contribution in [3.05, 3.63) is 11.6 Å². The second-order valence-electron chi connectivity index (χ2n) is 3.70. The molecule has 0 saturated carbocycles. The van der Waals surface area contributed by atoms with Gasteiger partial charge in [-0.1, -0.05) is 5.57 Å². The van der Waals surface area contributed by atoms with Crippen LogP contribution in [0.25, 0.3) is 0 Å². The minimum atomic E-state index is -0.870. The number of rotatable bonds is 2. The van der Waals surface area contributed by atoms with Gasteiger partial charge in [-0.3, -0.25) is 14.4 Å². The van der Waals surface area contributed by atoms with E-state index in [1.807, 2.05) is 0 Å². The van der Waals surface area contributed by atoms with E-state index in [2.05, 4.69) is 4.74 Å². The van der Waals surface area contributed by atoms with Gasteiger partial charge in [0.1, 0.15) is 0 Å². The molecule has 0 amide bonds. The molecule has 0 aliphatic heterocycles. The maximum Gasteiger partial charge on any atom is 0.312 e. The number of methoxy groups -OCH3 is 1. The Morgan fingerprint density at radius 3 is 2.56 bits per heavy atom. The predicted molar refractivity (Wildman–Crippen MR) is 54.4 cm³/mol. The predicted octanol–water partition coefficient (Wildman–Crippen LogP) is 0.626. The van der Waals surface area contributed by atoms with Gasteiger partial charge >= 0.3 is 11.9 Å². The number of esters is 2. The third kappa shape index (κ3) is 2.68. The van der Waals surface area contributed by atoms with Gasteiger partial charge in [-0.15, -0.1) is 0 Å². The second kappa shape index (κ2) is 4.92. The van der Waals surface area contributed by atoms with Crippen LogP contribution < -0.4 is 0 Å². The fourth-order valence-electron chi connectivity index (χ4n) is 1.66. The number of ether oxygens (including phenoxy) is 2. The summed E-state index contributed by atoms with van der Waals surface area (Å²) < 4.78 is 9.45. The van der Waals surface area contributed by atoms with Crippen LogP contribution in [0.15, 0.2) is 11.6 Å². The Hall–Kier alpha value is -1.65. The monoisotopic (exact) mass is 226 g/mol. The molecule has 1 aliphatic carbocycles. The average molecular weight is 226 g/mol. The van der Waals surface area contributed by atoms with E-state index < -0.39 is 24.0 Å². The summed E-state index contributed by atoms with van der Waals surface area (Å²) >= 11 is 0. The highest BCUT2D eigenvalue weighted by molar-refractivity contribution is 5.98. The molecular weight excluding hydrogens is 212 g/mol. The Balaban J connectivity index is 2.84. The summed E-state index contributed by atoms with van der Waals surface area (Å²) in [7, 11) is 1.28. The number of hydrogen-bond donors (Lipinski definition) is 0. The maximum absolute atomic E-state index is 11.5. The Morgan fingerprint density at radius 1 is 1.44 bits per heavy atom. The van der Waals surface area contributed by atoms with E-state index in [0.717, 1.165) is 0 Å². The Bertz CT molecular complexity index is 355. The number of ketones is 1. The normalized spacial score (nSPS) is 24.7. The molecule has 2 atom stereocenters. The zero-order chi connectivity index (χ0) is 12.3. The Kier molecular flexibility index (Phi) is 3.82. The lowest BCUT2D eigenvalue weighted by atomic mass is 9.86. The quantitative estimate of drug-likeness (QED) is 0.646. The highest BCUT2D eigenvalue weighted by Gasteiger charge is 2.34. The van der Waals surface area contributed by atoms with Crippen LogP contribution >= 0.6 is 0 Å². The van der Waals surface area contributed by atoms with Crippen LogP contribution in [-0.4, -0.2) is 30.9 Å². The van der Waals surface area contributed by atoms with Crippen molar-refractivity contribution in [3.63, 3.8) is 0 Å². The van der Waals surface area contributed by atoms with Gasteiger partial charge in [-0.25, -0.2) is 0 Å². The maximum atomic E-state index is 11.5. The molecule has 0 aromatic carbocycles. The number of hydrogen-bond acceptors (Lipinski definition) is 5. The molecule has 0 radical (unpaired) electrons. The molecule has 0 spiro atoms. The first-order valence-corrected chi connectivity index (χ1v) is 4.92. The summed E-state index contributed by atoms with van der Waals surface area (Å²) in [5.74, 6) is -1.74. The van der Waals surface area contributed by atoms with Gasteiger partial charge in [0.2, 0.25) is 0 Å². The van der Waals surface area contributed by atoms with E-state index in [9.17, 15) is 14.4 Å². The molecule has 0 fully saturated rings. The van der Waals surface area contributed by atoms with Crippen molar-refractivity contribution in [2.24, 2.45) is 5.92 Å².